The van der Waals surface area contributed by atoms with Gasteiger partial charge in [0.2, 0.25) is 0 Å². The maximum atomic E-state index is 14.4. The smallest absolute Gasteiger partial charge is 0.417 e. The Morgan fingerprint density at radius 1 is 1.09 bits per heavy atom. The average Bonchev–Trinajstić information content (AvgIpc) is 3.04. The lowest BCUT2D eigenvalue weighted by Gasteiger charge is -2.25. The highest BCUT2D eigenvalue weighted by Crippen LogP contribution is 2.36. The third-order valence-electron chi connectivity index (χ3n) is 7.78. The average molecular weight is 667 g/mol. The maximum absolute atomic E-state index is 14.4. The maximum Gasteiger partial charge on any atom is 0.417 e. The SMILES string of the molecule is C=CC(=C)/C(=C\CCC(C)C(C(=S)OCC)/C(C=NC(=C)c1ccc(CCCC)cc1C(F)(F)F)=C/C)N=C(C)c1ccccc1F. The number of aryl methyl sites for hydroxylation is 1. The van der Waals surface area contributed by atoms with Crippen LogP contribution in [0.5, 0.6) is 0 Å². The van der Waals surface area contributed by atoms with Crippen molar-refractivity contribution in [3.63, 3.8) is 0 Å². The van der Waals surface area contributed by atoms with Crippen molar-refractivity contribution in [1.29, 1.82) is 0 Å². The quantitative estimate of drug-likeness (QED) is 0.0729. The number of alkyl halides is 3. The molecular weight excluding hydrogens is 621 g/mol. The number of benzene rings is 2. The van der Waals surface area contributed by atoms with Crippen LogP contribution in [0.15, 0.2) is 107 Å². The molecule has 2 aromatic carbocycles. The molecule has 2 aromatic rings. The van der Waals surface area contributed by atoms with Gasteiger partial charge in [0.05, 0.1) is 29.5 Å². The summed E-state index contributed by atoms with van der Waals surface area (Å²) in [4.78, 5) is 9.05. The van der Waals surface area contributed by atoms with Crippen LogP contribution < -0.4 is 0 Å². The fraction of sp³-hybridized carbons (Fsp3) is 0.359. The topological polar surface area (TPSA) is 34.0 Å². The van der Waals surface area contributed by atoms with E-state index in [1.165, 1.54) is 24.4 Å². The molecule has 0 aliphatic rings. The summed E-state index contributed by atoms with van der Waals surface area (Å²) in [5, 5.41) is 0.370. The minimum absolute atomic E-state index is 0.00560. The van der Waals surface area contributed by atoms with Crippen LogP contribution >= 0.6 is 12.2 Å². The second-order valence-electron chi connectivity index (χ2n) is 11.3. The summed E-state index contributed by atoms with van der Waals surface area (Å²) < 4.78 is 62.3. The zero-order chi connectivity index (χ0) is 35.1. The van der Waals surface area contributed by atoms with Gasteiger partial charge < -0.3 is 4.74 Å². The van der Waals surface area contributed by atoms with E-state index in [4.69, 9.17) is 17.0 Å². The minimum atomic E-state index is -4.55. The highest BCUT2D eigenvalue weighted by Gasteiger charge is 2.34. The van der Waals surface area contributed by atoms with Gasteiger partial charge in [0, 0.05) is 23.1 Å². The molecule has 0 spiro atoms. The predicted octanol–water partition coefficient (Wildman–Crippen LogP) is 11.7. The molecule has 3 nitrogen and oxygen atoms in total. The molecule has 0 N–H and O–H groups in total. The lowest BCUT2D eigenvalue weighted by molar-refractivity contribution is -0.137. The standard InChI is InChI=1S/C39H46F4N2OS/c1-9-13-18-30-22-23-32(34(24-30)39(41,42)43)28(7)44-25-31(11-3)37(38(47)46-12-4)27(6)17-16-21-36(26(5)10-2)45-29(8)33-19-14-15-20-35(33)40/h10-11,14-15,19-25,27,37H,2,5,7,9,12-13,16-18H2,1,3-4,6,8H3/b31-11+,36-21+,44-25?,45-29?. The first kappa shape index (κ1) is 39.3. The van der Waals surface area contributed by atoms with Gasteiger partial charge in [-0.1, -0.05) is 88.6 Å². The third kappa shape index (κ3) is 11.7. The van der Waals surface area contributed by atoms with E-state index < -0.39 is 11.7 Å². The Balaban J connectivity index is 2.36. The first-order valence-corrected chi connectivity index (χ1v) is 16.3. The number of ether oxygens (including phenoxy) is 1. The molecule has 0 aliphatic heterocycles. The molecule has 2 unspecified atom stereocenters. The van der Waals surface area contributed by atoms with Gasteiger partial charge in [0.1, 0.15) is 5.82 Å². The Morgan fingerprint density at radius 3 is 2.38 bits per heavy atom. The summed E-state index contributed by atoms with van der Waals surface area (Å²) in [5.41, 5.74) is 2.63. The lowest BCUT2D eigenvalue weighted by atomic mass is 9.84. The summed E-state index contributed by atoms with van der Waals surface area (Å²) in [6.45, 7) is 21.5. The first-order chi connectivity index (χ1) is 22.3. The number of allylic oxidation sites excluding steroid dienone is 3. The second kappa shape index (κ2) is 19.0. The Kier molecular flexibility index (Phi) is 15.9. The Bertz CT molecular complexity index is 1550. The molecule has 0 fully saturated rings. The Hall–Kier alpha value is -3.91. The van der Waals surface area contributed by atoms with Crippen molar-refractivity contribution in [2.75, 3.05) is 6.61 Å². The molecule has 0 aliphatic carbocycles. The number of aliphatic imine (C=N–C) groups is 2. The van der Waals surface area contributed by atoms with Gasteiger partial charge in [-0.15, -0.1) is 0 Å². The summed E-state index contributed by atoms with van der Waals surface area (Å²) >= 11 is 5.68. The van der Waals surface area contributed by atoms with Gasteiger partial charge in [0.25, 0.3) is 0 Å². The molecule has 2 rings (SSSR count). The molecule has 2 atom stereocenters. The first-order valence-electron chi connectivity index (χ1n) is 15.9. The Labute approximate surface area is 283 Å². The fourth-order valence-electron chi connectivity index (χ4n) is 5.10. The number of hydrogen-bond acceptors (Lipinski definition) is 4. The molecule has 0 saturated heterocycles. The van der Waals surface area contributed by atoms with E-state index in [-0.39, 0.29) is 28.9 Å². The second-order valence-corrected chi connectivity index (χ2v) is 11.7. The predicted molar refractivity (Wildman–Crippen MR) is 193 cm³/mol. The van der Waals surface area contributed by atoms with E-state index in [1.54, 1.807) is 37.3 Å². The van der Waals surface area contributed by atoms with E-state index >= 15 is 0 Å². The molecule has 47 heavy (non-hydrogen) atoms. The Morgan fingerprint density at radius 2 is 1.79 bits per heavy atom. The van der Waals surface area contributed by atoms with E-state index in [9.17, 15) is 17.6 Å². The van der Waals surface area contributed by atoms with Crippen molar-refractivity contribution in [2.45, 2.75) is 72.9 Å². The summed E-state index contributed by atoms with van der Waals surface area (Å²) in [7, 11) is 0. The van der Waals surface area contributed by atoms with Gasteiger partial charge in [-0.3, -0.25) is 9.98 Å². The number of halogens is 4. The van der Waals surface area contributed by atoms with Crippen molar-refractivity contribution in [3.8, 4) is 0 Å². The van der Waals surface area contributed by atoms with Crippen LogP contribution in [-0.2, 0) is 17.3 Å². The van der Waals surface area contributed by atoms with Crippen molar-refractivity contribution in [2.24, 2.45) is 21.8 Å². The lowest BCUT2D eigenvalue weighted by Crippen LogP contribution is -2.25. The largest absolute Gasteiger partial charge is 0.487 e. The summed E-state index contributed by atoms with van der Waals surface area (Å²) in [6.07, 6.45) is 5.86. The number of unbranched alkanes of at least 4 members (excludes halogenated alkanes) is 1. The van der Waals surface area contributed by atoms with Crippen LogP contribution in [0.1, 0.15) is 82.6 Å². The third-order valence-corrected chi connectivity index (χ3v) is 8.15. The van der Waals surface area contributed by atoms with Crippen LogP contribution in [0.25, 0.3) is 5.70 Å². The van der Waals surface area contributed by atoms with Crippen LogP contribution in [-0.4, -0.2) is 23.6 Å². The normalized spacial score (nSPS) is 14.2. The highest BCUT2D eigenvalue weighted by atomic mass is 32.1. The van der Waals surface area contributed by atoms with E-state index in [1.807, 2.05) is 39.8 Å². The number of rotatable bonds is 17. The number of nitrogens with zero attached hydrogens (tertiary/aromatic N) is 2. The van der Waals surface area contributed by atoms with Crippen LogP contribution in [0.3, 0.4) is 0 Å². The molecular formula is C39H46F4N2OS. The van der Waals surface area contributed by atoms with Gasteiger partial charge in [-0.05, 0) is 93.4 Å². The number of hydrogen-bond donors (Lipinski definition) is 0. The molecule has 0 amide bonds. The van der Waals surface area contributed by atoms with Gasteiger partial charge >= 0.3 is 6.18 Å². The zero-order valence-corrected chi connectivity index (χ0v) is 28.9. The van der Waals surface area contributed by atoms with Crippen LogP contribution in [0, 0.1) is 17.7 Å². The van der Waals surface area contributed by atoms with E-state index in [0.717, 1.165) is 12.8 Å². The van der Waals surface area contributed by atoms with Gasteiger partial charge in [0.15, 0.2) is 5.05 Å². The summed E-state index contributed by atoms with van der Waals surface area (Å²) in [5.74, 6) is -0.775. The van der Waals surface area contributed by atoms with Crippen molar-refractivity contribution >= 4 is 34.9 Å². The molecule has 8 heteroatoms. The van der Waals surface area contributed by atoms with Crippen molar-refractivity contribution in [1.82, 2.24) is 0 Å². The van der Waals surface area contributed by atoms with Gasteiger partial charge in [-0.2, -0.15) is 13.2 Å². The number of thiocarbonyl (C=S) groups is 1. The van der Waals surface area contributed by atoms with E-state index in [2.05, 4.69) is 29.7 Å². The molecule has 0 bridgehead atoms. The van der Waals surface area contributed by atoms with Crippen molar-refractivity contribution in [3.05, 3.63) is 125 Å². The molecule has 0 heterocycles. The minimum Gasteiger partial charge on any atom is -0.487 e. The highest BCUT2D eigenvalue weighted by molar-refractivity contribution is 7.80. The molecule has 0 aromatic heterocycles. The van der Waals surface area contributed by atoms with Crippen LogP contribution in [0.2, 0.25) is 0 Å². The molecule has 0 radical (unpaired) electrons. The fourth-order valence-corrected chi connectivity index (χ4v) is 5.58. The van der Waals surface area contributed by atoms with E-state index in [0.29, 0.717) is 64.6 Å². The van der Waals surface area contributed by atoms with Gasteiger partial charge in [-0.25, -0.2) is 4.39 Å². The molecule has 252 valence electrons. The van der Waals surface area contributed by atoms with Crippen LogP contribution in [0.4, 0.5) is 17.6 Å². The monoisotopic (exact) mass is 666 g/mol. The zero-order valence-electron chi connectivity index (χ0n) is 28.1. The van der Waals surface area contributed by atoms with Crippen molar-refractivity contribution < 1.29 is 22.3 Å². The summed E-state index contributed by atoms with van der Waals surface area (Å²) in [6, 6.07) is 10.8. The molecule has 0 saturated carbocycles.